The summed E-state index contributed by atoms with van der Waals surface area (Å²) in [4.78, 5) is 4.47. The van der Waals surface area contributed by atoms with Gasteiger partial charge in [-0.3, -0.25) is 4.98 Å². The fraction of sp³-hybridized carbons (Fsp3) is 0.105. The first-order valence-corrected chi connectivity index (χ1v) is 7.05. The predicted molar refractivity (Wildman–Crippen MR) is 90.2 cm³/mol. The highest BCUT2D eigenvalue weighted by molar-refractivity contribution is 5.93. The Kier molecular flexibility index (Phi) is 4.05. The third-order valence-corrected chi connectivity index (χ3v) is 3.53. The first-order chi connectivity index (χ1) is 10.8. The number of ether oxygens (including phenoxy) is 2. The van der Waals surface area contributed by atoms with Crippen LogP contribution in [0.1, 0.15) is 11.3 Å². The average molecular weight is 291 g/mol. The van der Waals surface area contributed by atoms with E-state index in [1.54, 1.807) is 20.4 Å². The zero-order valence-corrected chi connectivity index (χ0v) is 12.6. The minimum atomic E-state index is 0.706. The fourth-order valence-corrected chi connectivity index (χ4v) is 2.39. The maximum atomic E-state index is 5.39. The standard InChI is InChI=1S/C19H17NO2/c1-21-18-12-15-10-11-20-17(16(15)13-19(18)22-2)9-8-14-6-4-3-5-7-14/h3-13H,1-2H3. The molecule has 0 spiro atoms. The van der Waals surface area contributed by atoms with E-state index in [0.29, 0.717) is 5.75 Å². The molecule has 3 rings (SSSR count). The summed E-state index contributed by atoms with van der Waals surface area (Å²) < 4.78 is 10.7. The van der Waals surface area contributed by atoms with E-state index in [1.165, 1.54) is 0 Å². The molecule has 0 aliphatic rings. The summed E-state index contributed by atoms with van der Waals surface area (Å²) in [6.45, 7) is 0. The minimum Gasteiger partial charge on any atom is -0.493 e. The van der Waals surface area contributed by atoms with Crippen molar-refractivity contribution in [2.24, 2.45) is 0 Å². The Labute approximate surface area is 129 Å². The molecule has 2 aromatic carbocycles. The van der Waals surface area contributed by atoms with Gasteiger partial charge in [-0.2, -0.15) is 0 Å². The van der Waals surface area contributed by atoms with E-state index in [9.17, 15) is 0 Å². The third kappa shape index (κ3) is 2.79. The average Bonchev–Trinajstić information content (AvgIpc) is 2.59. The molecule has 110 valence electrons. The van der Waals surface area contributed by atoms with Gasteiger partial charge in [-0.15, -0.1) is 0 Å². The topological polar surface area (TPSA) is 31.4 Å². The molecule has 1 heterocycles. The van der Waals surface area contributed by atoms with Gasteiger partial charge in [0.05, 0.1) is 19.9 Å². The second kappa shape index (κ2) is 6.31. The molecule has 0 radical (unpaired) electrons. The van der Waals surface area contributed by atoms with E-state index < -0.39 is 0 Å². The number of benzene rings is 2. The van der Waals surface area contributed by atoms with Gasteiger partial charge in [-0.25, -0.2) is 0 Å². The molecular weight excluding hydrogens is 274 g/mol. The Morgan fingerprint density at radius 2 is 1.59 bits per heavy atom. The molecule has 3 heteroatoms. The van der Waals surface area contributed by atoms with E-state index in [0.717, 1.165) is 27.8 Å². The lowest BCUT2D eigenvalue weighted by atomic mass is 10.1. The summed E-state index contributed by atoms with van der Waals surface area (Å²) >= 11 is 0. The molecule has 0 unspecified atom stereocenters. The maximum absolute atomic E-state index is 5.39. The van der Waals surface area contributed by atoms with Gasteiger partial charge in [-0.1, -0.05) is 36.4 Å². The van der Waals surface area contributed by atoms with Gasteiger partial charge in [-0.05, 0) is 35.2 Å². The number of rotatable bonds is 4. The summed E-state index contributed by atoms with van der Waals surface area (Å²) in [6.07, 6.45) is 5.88. The third-order valence-electron chi connectivity index (χ3n) is 3.53. The number of nitrogens with zero attached hydrogens (tertiary/aromatic N) is 1. The van der Waals surface area contributed by atoms with Crippen molar-refractivity contribution < 1.29 is 9.47 Å². The lowest BCUT2D eigenvalue weighted by Crippen LogP contribution is -1.92. The molecule has 0 atom stereocenters. The van der Waals surface area contributed by atoms with Crippen molar-refractivity contribution in [1.82, 2.24) is 4.98 Å². The molecule has 0 saturated heterocycles. The molecular formula is C19H17NO2. The molecule has 0 bridgehead atoms. The summed E-state index contributed by atoms with van der Waals surface area (Å²) in [6, 6.07) is 16.1. The van der Waals surface area contributed by atoms with Gasteiger partial charge >= 0.3 is 0 Å². The second-order valence-electron chi connectivity index (χ2n) is 4.87. The normalized spacial score (nSPS) is 11.0. The Morgan fingerprint density at radius 3 is 2.32 bits per heavy atom. The highest BCUT2D eigenvalue weighted by Crippen LogP contribution is 2.33. The quantitative estimate of drug-likeness (QED) is 0.713. The predicted octanol–water partition coefficient (Wildman–Crippen LogP) is 4.42. The summed E-state index contributed by atoms with van der Waals surface area (Å²) in [7, 11) is 3.28. The van der Waals surface area contributed by atoms with Gasteiger partial charge in [0.15, 0.2) is 11.5 Å². The zero-order valence-electron chi connectivity index (χ0n) is 12.6. The first-order valence-electron chi connectivity index (χ1n) is 7.05. The van der Waals surface area contributed by atoms with E-state index >= 15 is 0 Å². The van der Waals surface area contributed by atoms with Crippen LogP contribution in [0, 0.1) is 0 Å². The van der Waals surface area contributed by atoms with Crippen molar-refractivity contribution in [2.75, 3.05) is 14.2 Å². The fourth-order valence-electron chi connectivity index (χ4n) is 2.39. The molecule has 0 aliphatic carbocycles. The van der Waals surface area contributed by atoms with E-state index in [1.807, 2.05) is 42.5 Å². The monoisotopic (exact) mass is 291 g/mol. The SMILES string of the molecule is COc1cc2ccnc(C=Cc3ccccc3)c2cc1OC. The summed E-state index contributed by atoms with van der Waals surface area (Å²) in [5.74, 6) is 1.43. The molecule has 0 N–H and O–H groups in total. The largest absolute Gasteiger partial charge is 0.493 e. The zero-order chi connectivity index (χ0) is 15.4. The van der Waals surface area contributed by atoms with Gasteiger partial charge < -0.3 is 9.47 Å². The van der Waals surface area contributed by atoms with Crippen molar-refractivity contribution >= 4 is 22.9 Å². The molecule has 22 heavy (non-hydrogen) atoms. The van der Waals surface area contributed by atoms with Gasteiger partial charge in [0.2, 0.25) is 0 Å². The van der Waals surface area contributed by atoms with Crippen LogP contribution < -0.4 is 9.47 Å². The van der Waals surface area contributed by atoms with E-state index in [4.69, 9.17) is 9.47 Å². The lowest BCUT2D eigenvalue weighted by Gasteiger charge is -2.10. The highest BCUT2D eigenvalue weighted by atomic mass is 16.5. The van der Waals surface area contributed by atoms with Crippen molar-refractivity contribution in [3.63, 3.8) is 0 Å². The van der Waals surface area contributed by atoms with Crippen LogP contribution >= 0.6 is 0 Å². The van der Waals surface area contributed by atoms with Crippen molar-refractivity contribution in [3.05, 3.63) is 66.0 Å². The Morgan fingerprint density at radius 1 is 0.864 bits per heavy atom. The van der Waals surface area contributed by atoms with Crippen LogP contribution in [-0.4, -0.2) is 19.2 Å². The molecule has 1 aromatic heterocycles. The van der Waals surface area contributed by atoms with Crippen LogP contribution in [0.2, 0.25) is 0 Å². The lowest BCUT2D eigenvalue weighted by molar-refractivity contribution is 0.356. The Bertz CT molecular complexity index is 810. The Balaban J connectivity index is 2.08. The molecule has 3 aromatic rings. The molecule has 3 nitrogen and oxygen atoms in total. The van der Waals surface area contributed by atoms with Crippen LogP contribution in [0.5, 0.6) is 11.5 Å². The van der Waals surface area contributed by atoms with E-state index in [-0.39, 0.29) is 0 Å². The van der Waals surface area contributed by atoms with E-state index in [2.05, 4.69) is 23.2 Å². The molecule has 0 aliphatic heterocycles. The summed E-state index contributed by atoms with van der Waals surface area (Å²) in [5, 5.41) is 2.10. The van der Waals surface area contributed by atoms with Crippen LogP contribution in [0.25, 0.3) is 22.9 Å². The number of pyridine rings is 1. The molecule has 0 amide bonds. The second-order valence-corrected chi connectivity index (χ2v) is 4.87. The van der Waals surface area contributed by atoms with Crippen molar-refractivity contribution in [2.45, 2.75) is 0 Å². The number of methoxy groups -OCH3 is 2. The number of aromatic nitrogens is 1. The number of hydrogen-bond donors (Lipinski definition) is 0. The number of fused-ring (bicyclic) bond motifs is 1. The highest BCUT2D eigenvalue weighted by Gasteiger charge is 2.08. The van der Waals surface area contributed by atoms with Crippen LogP contribution in [-0.2, 0) is 0 Å². The van der Waals surface area contributed by atoms with Gasteiger partial charge in [0, 0.05) is 11.6 Å². The molecule has 0 saturated carbocycles. The Hall–Kier alpha value is -2.81. The van der Waals surface area contributed by atoms with Gasteiger partial charge in [0.1, 0.15) is 0 Å². The van der Waals surface area contributed by atoms with Crippen molar-refractivity contribution in [3.8, 4) is 11.5 Å². The van der Waals surface area contributed by atoms with Gasteiger partial charge in [0.25, 0.3) is 0 Å². The molecule has 0 fully saturated rings. The van der Waals surface area contributed by atoms with Crippen LogP contribution in [0.4, 0.5) is 0 Å². The van der Waals surface area contributed by atoms with Crippen LogP contribution in [0.15, 0.2) is 54.7 Å². The van der Waals surface area contributed by atoms with Crippen LogP contribution in [0.3, 0.4) is 0 Å². The minimum absolute atomic E-state index is 0.706. The first kappa shape index (κ1) is 14.1. The van der Waals surface area contributed by atoms with Crippen molar-refractivity contribution in [1.29, 1.82) is 0 Å². The number of hydrogen-bond acceptors (Lipinski definition) is 3. The maximum Gasteiger partial charge on any atom is 0.161 e. The smallest absolute Gasteiger partial charge is 0.161 e. The summed E-state index contributed by atoms with van der Waals surface area (Å²) in [5.41, 5.74) is 2.05.